The molecule has 1 rings (SSSR count). The Balaban J connectivity index is 2.59. The average molecular weight is 283 g/mol. The van der Waals surface area contributed by atoms with Gasteiger partial charge in [-0.25, -0.2) is 0 Å². The van der Waals surface area contributed by atoms with E-state index >= 15 is 0 Å². The van der Waals surface area contributed by atoms with Crippen molar-refractivity contribution in [2.75, 3.05) is 13.1 Å². The SMILES string of the molecule is CCCCCCC(C)N1CC(C)(CC)NCC1C(C)C. The topological polar surface area (TPSA) is 15.3 Å². The van der Waals surface area contributed by atoms with Crippen molar-refractivity contribution in [1.82, 2.24) is 10.2 Å². The first-order chi connectivity index (χ1) is 9.43. The predicted molar refractivity (Wildman–Crippen MR) is 90.3 cm³/mol. The lowest BCUT2D eigenvalue weighted by Gasteiger charge is -2.50. The zero-order valence-electron chi connectivity index (χ0n) is 14.8. The Kier molecular flexibility index (Phi) is 7.53. The highest BCUT2D eigenvalue weighted by molar-refractivity contribution is 4.96. The molecular weight excluding hydrogens is 244 g/mol. The van der Waals surface area contributed by atoms with E-state index in [1.165, 1.54) is 45.1 Å². The molecule has 1 N–H and O–H groups in total. The molecule has 0 aromatic carbocycles. The first-order valence-electron chi connectivity index (χ1n) is 8.94. The lowest BCUT2D eigenvalue weighted by atomic mass is 9.88. The van der Waals surface area contributed by atoms with Gasteiger partial charge < -0.3 is 5.32 Å². The van der Waals surface area contributed by atoms with Crippen molar-refractivity contribution >= 4 is 0 Å². The van der Waals surface area contributed by atoms with Gasteiger partial charge in [0.25, 0.3) is 0 Å². The Morgan fingerprint density at radius 3 is 2.40 bits per heavy atom. The molecule has 120 valence electrons. The van der Waals surface area contributed by atoms with Crippen LogP contribution in [0.4, 0.5) is 0 Å². The molecule has 0 amide bonds. The van der Waals surface area contributed by atoms with Gasteiger partial charge >= 0.3 is 0 Å². The molecule has 3 unspecified atom stereocenters. The second-order valence-electron chi connectivity index (χ2n) is 7.48. The average Bonchev–Trinajstić information content (AvgIpc) is 2.43. The van der Waals surface area contributed by atoms with Crippen LogP contribution in [0.25, 0.3) is 0 Å². The van der Waals surface area contributed by atoms with Gasteiger partial charge in [-0.05, 0) is 32.6 Å². The van der Waals surface area contributed by atoms with E-state index in [0.717, 1.165) is 18.5 Å². The molecule has 0 bridgehead atoms. The van der Waals surface area contributed by atoms with E-state index < -0.39 is 0 Å². The summed E-state index contributed by atoms with van der Waals surface area (Å²) < 4.78 is 0. The predicted octanol–water partition coefficient (Wildman–Crippen LogP) is 4.44. The van der Waals surface area contributed by atoms with Crippen LogP contribution in [0.3, 0.4) is 0 Å². The summed E-state index contributed by atoms with van der Waals surface area (Å²) >= 11 is 0. The van der Waals surface area contributed by atoms with Crippen molar-refractivity contribution < 1.29 is 0 Å². The maximum Gasteiger partial charge on any atom is 0.0278 e. The molecule has 3 atom stereocenters. The molecule has 0 aliphatic carbocycles. The number of nitrogens with zero attached hydrogens (tertiary/aromatic N) is 1. The summed E-state index contributed by atoms with van der Waals surface area (Å²) in [5, 5.41) is 3.80. The van der Waals surface area contributed by atoms with Gasteiger partial charge in [-0.2, -0.15) is 0 Å². The smallest absolute Gasteiger partial charge is 0.0278 e. The van der Waals surface area contributed by atoms with Gasteiger partial charge in [-0.3, -0.25) is 4.90 Å². The molecule has 0 radical (unpaired) electrons. The third kappa shape index (κ3) is 5.04. The van der Waals surface area contributed by atoms with Gasteiger partial charge in [-0.15, -0.1) is 0 Å². The molecule has 0 aromatic rings. The normalized spacial score (nSPS) is 29.9. The van der Waals surface area contributed by atoms with Gasteiger partial charge in [0.05, 0.1) is 0 Å². The molecule has 1 heterocycles. The van der Waals surface area contributed by atoms with E-state index in [1.807, 2.05) is 0 Å². The second-order valence-corrected chi connectivity index (χ2v) is 7.48. The van der Waals surface area contributed by atoms with E-state index in [-0.39, 0.29) is 0 Å². The maximum absolute atomic E-state index is 3.80. The van der Waals surface area contributed by atoms with Crippen LogP contribution in [0.15, 0.2) is 0 Å². The van der Waals surface area contributed by atoms with E-state index in [9.17, 15) is 0 Å². The molecule has 2 heteroatoms. The van der Waals surface area contributed by atoms with Crippen molar-refractivity contribution in [3.05, 3.63) is 0 Å². The summed E-state index contributed by atoms with van der Waals surface area (Å²) in [6.45, 7) is 16.6. The van der Waals surface area contributed by atoms with E-state index in [0.29, 0.717) is 11.6 Å². The van der Waals surface area contributed by atoms with Crippen molar-refractivity contribution in [1.29, 1.82) is 0 Å². The maximum atomic E-state index is 3.80. The highest BCUT2D eigenvalue weighted by Gasteiger charge is 2.37. The van der Waals surface area contributed by atoms with Crippen LogP contribution >= 0.6 is 0 Å². The molecule has 0 spiro atoms. The zero-order valence-corrected chi connectivity index (χ0v) is 14.8. The van der Waals surface area contributed by atoms with Gasteiger partial charge in [0.2, 0.25) is 0 Å². The number of hydrogen-bond acceptors (Lipinski definition) is 2. The first-order valence-corrected chi connectivity index (χ1v) is 8.94. The number of hydrogen-bond donors (Lipinski definition) is 1. The van der Waals surface area contributed by atoms with E-state index in [2.05, 4.69) is 51.8 Å². The molecule has 1 saturated heterocycles. The minimum atomic E-state index is 0.309. The summed E-state index contributed by atoms with van der Waals surface area (Å²) in [6.07, 6.45) is 8.12. The highest BCUT2D eigenvalue weighted by atomic mass is 15.3. The minimum Gasteiger partial charge on any atom is -0.309 e. The zero-order chi connectivity index (χ0) is 15.2. The molecule has 1 aliphatic heterocycles. The molecule has 1 aliphatic rings. The lowest BCUT2D eigenvalue weighted by molar-refractivity contribution is 0.0267. The van der Waals surface area contributed by atoms with Crippen LogP contribution in [-0.4, -0.2) is 35.6 Å². The second kappa shape index (κ2) is 8.38. The molecule has 2 nitrogen and oxygen atoms in total. The Morgan fingerprint density at radius 1 is 1.15 bits per heavy atom. The summed E-state index contributed by atoms with van der Waals surface area (Å²) in [6, 6.07) is 1.43. The van der Waals surface area contributed by atoms with Crippen LogP contribution < -0.4 is 5.32 Å². The quantitative estimate of drug-likeness (QED) is 0.662. The lowest BCUT2D eigenvalue weighted by Crippen LogP contribution is -2.65. The van der Waals surface area contributed by atoms with Crippen LogP contribution in [0.5, 0.6) is 0 Å². The summed E-state index contributed by atoms with van der Waals surface area (Å²) in [5.74, 6) is 0.738. The van der Waals surface area contributed by atoms with Crippen molar-refractivity contribution in [3.63, 3.8) is 0 Å². The first kappa shape index (κ1) is 18.0. The standard InChI is InChI=1S/C18H38N2/c1-7-9-10-11-12-16(5)20-14-18(6,8-2)19-13-17(20)15(3)4/h15-17,19H,7-14H2,1-6H3. The third-order valence-corrected chi connectivity index (χ3v) is 5.29. The van der Waals surface area contributed by atoms with Crippen molar-refractivity contribution in [3.8, 4) is 0 Å². The van der Waals surface area contributed by atoms with E-state index in [4.69, 9.17) is 0 Å². The van der Waals surface area contributed by atoms with Gasteiger partial charge in [0, 0.05) is 30.7 Å². The monoisotopic (exact) mass is 282 g/mol. The minimum absolute atomic E-state index is 0.309. The van der Waals surface area contributed by atoms with Gasteiger partial charge in [0.1, 0.15) is 0 Å². The van der Waals surface area contributed by atoms with Crippen molar-refractivity contribution in [2.45, 2.75) is 97.7 Å². The van der Waals surface area contributed by atoms with Crippen LogP contribution in [0, 0.1) is 5.92 Å². The molecule has 20 heavy (non-hydrogen) atoms. The Hall–Kier alpha value is -0.0800. The van der Waals surface area contributed by atoms with Crippen LogP contribution in [0.2, 0.25) is 0 Å². The Bertz CT molecular complexity index is 264. The summed E-state index contributed by atoms with van der Waals surface area (Å²) in [5.41, 5.74) is 0.309. The number of piperazine rings is 1. The molecule has 0 saturated carbocycles. The largest absolute Gasteiger partial charge is 0.309 e. The Morgan fingerprint density at radius 2 is 1.85 bits per heavy atom. The van der Waals surface area contributed by atoms with E-state index in [1.54, 1.807) is 0 Å². The van der Waals surface area contributed by atoms with Crippen molar-refractivity contribution in [2.24, 2.45) is 5.92 Å². The fraction of sp³-hybridized carbons (Fsp3) is 1.00. The van der Waals surface area contributed by atoms with Gasteiger partial charge in [-0.1, -0.05) is 53.4 Å². The number of nitrogens with one attached hydrogen (secondary N) is 1. The molecule has 0 aromatic heterocycles. The fourth-order valence-electron chi connectivity index (χ4n) is 3.41. The number of rotatable bonds is 8. The fourth-order valence-corrected chi connectivity index (χ4v) is 3.41. The Labute approximate surface area is 127 Å². The van der Waals surface area contributed by atoms with Crippen LogP contribution in [0.1, 0.15) is 80.1 Å². The summed E-state index contributed by atoms with van der Waals surface area (Å²) in [7, 11) is 0. The number of unbranched alkanes of at least 4 members (excludes halogenated alkanes) is 3. The van der Waals surface area contributed by atoms with Gasteiger partial charge in [0.15, 0.2) is 0 Å². The molecular formula is C18H38N2. The third-order valence-electron chi connectivity index (χ3n) is 5.29. The molecule has 1 fully saturated rings. The van der Waals surface area contributed by atoms with Crippen LogP contribution in [-0.2, 0) is 0 Å². The summed E-state index contributed by atoms with van der Waals surface area (Å²) in [4.78, 5) is 2.80. The highest BCUT2D eigenvalue weighted by Crippen LogP contribution is 2.26.